The summed E-state index contributed by atoms with van der Waals surface area (Å²) in [7, 11) is 4.08. The van der Waals surface area contributed by atoms with E-state index < -0.39 is 0 Å². The van der Waals surface area contributed by atoms with Crippen molar-refractivity contribution >= 4 is 35.6 Å². The molecular formula is C16H29IN4O2. The number of anilines is 1. The summed E-state index contributed by atoms with van der Waals surface area (Å²) < 4.78 is 11.1. The van der Waals surface area contributed by atoms with Gasteiger partial charge in [0.05, 0.1) is 18.9 Å². The summed E-state index contributed by atoms with van der Waals surface area (Å²) in [4.78, 5) is 6.45. The summed E-state index contributed by atoms with van der Waals surface area (Å²) in [6.07, 6.45) is 0.965. The maximum absolute atomic E-state index is 5.94. The molecule has 0 atom stereocenters. The third-order valence-electron chi connectivity index (χ3n) is 2.87. The molecule has 0 radical (unpaired) electrons. The number of nitrogens with zero attached hydrogens (tertiary/aromatic N) is 2. The van der Waals surface area contributed by atoms with Crippen molar-refractivity contribution in [2.24, 2.45) is 10.7 Å². The maximum Gasteiger partial charge on any atom is 0.193 e. The third kappa shape index (κ3) is 8.85. The molecule has 0 heterocycles. The van der Waals surface area contributed by atoms with Gasteiger partial charge < -0.3 is 25.4 Å². The number of halogens is 1. The van der Waals surface area contributed by atoms with Crippen LogP contribution in [0.4, 0.5) is 5.69 Å². The molecule has 7 heteroatoms. The Kier molecular flexibility index (Phi) is 11.6. The summed E-state index contributed by atoms with van der Waals surface area (Å²) in [5, 5.41) is 3.09. The largest absolute Gasteiger partial charge is 0.494 e. The zero-order valence-corrected chi connectivity index (χ0v) is 16.8. The fourth-order valence-electron chi connectivity index (χ4n) is 1.91. The monoisotopic (exact) mass is 436 g/mol. The van der Waals surface area contributed by atoms with Gasteiger partial charge >= 0.3 is 0 Å². The summed E-state index contributed by atoms with van der Waals surface area (Å²) in [6, 6.07) is 5.62. The molecule has 0 aliphatic carbocycles. The fourth-order valence-corrected chi connectivity index (χ4v) is 1.91. The Hall–Kier alpha value is -1.22. The second-order valence-electron chi connectivity index (χ2n) is 5.07. The topological polar surface area (TPSA) is 72.1 Å². The average molecular weight is 436 g/mol. The molecule has 0 amide bonds. The third-order valence-corrected chi connectivity index (χ3v) is 2.87. The van der Waals surface area contributed by atoms with Crippen LogP contribution in [0.3, 0.4) is 0 Å². The Morgan fingerprint density at radius 2 is 1.91 bits per heavy atom. The van der Waals surface area contributed by atoms with Gasteiger partial charge in [-0.05, 0) is 53.0 Å². The van der Waals surface area contributed by atoms with E-state index in [1.807, 2.05) is 46.1 Å². The number of hydrogen-bond acceptors (Lipinski definition) is 4. The van der Waals surface area contributed by atoms with Gasteiger partial charge in [-0.2, -0.15) is 0 Å². The van der Waals surface area contributed by atoms with Crippen molar-refractivity contribution in [3.05, 3.63) is 18.2 Å². The fraction of sp³-hybridized carbons (Fsp3) is 0.562. The SMILES string of the molecule is CCOc1ccc(OCC)c(NC(N)=NCCCN(C)C)c1.I. The first-order valence-corrected chi connectivity index (χ1v) is 7.68. The molecule has 3 N–H and O–H groups in total. The summed E-state index contributed by atoms with van der Waals surface area (Å²) >= 11 is 0. The molecule has 0 saturated heterocycles. The summed E-state index contributed by atoms with van der Waals surface area (Å²) in [6.45, 7) is 6.76. The Balaban J connectivity index is 0.00000484. The predicted molar refractivity (Wildman–Crippen MR) is 107 cm³/mol. The molecule has 1 aromatic carbocycles. The molecule has 23 heavy (non-hydrogen) atoms. The minimum absolute atomic E-state index is 0. The minimum atomic E-state index is 0. The van der Waals surface area contributed by atoms with E-state index in [0.717, 1.165) is 30.2 Å². The lowest BCUT2D eigenvalue weighted by Crippen LogP contribution is -2.24. The van der Waals surface area contributed by atoms with Crippen molar-refractivity contribution < 1.29 is 9.47 Å². The van der Waals surface area contributed by atoms with Crippen LogP contribution in [0.2, 0.25) is 0 Å². The summed E-state index contributed by atoms with van der Waals surface area (Å²) in [5.74, 6) is 1.89. The van der Waals surface area contributed by atoms with E-state index in [9.17, 15) is 0 Å². The number of nitrogens with two attached hydrogens (primary N) is 1. The first-order chi connectivity index (χ1) is 10.6. The van der Waals surface area contributed by atoms with Crippen LogP contribution >= 0.6 is 24.0 Å². The smallest absolute Gasteiger partial charge is 0.193 e. The Morgan fingerprint density at radius 3 is 2.52 bits per heavy atom. The maximum atomic E-state index is 5.94. The first kappa shape index (κ1) is 21.8. The number of rotatable bonds is 9. The highest BCUT2D eigenvalue weighted by Gasteiger charge is 2.07. The van der Waals surface area contributed by atoms with Crippen LogP contribution in [0.5, 0.6) is 11.5 Å². The molecule has 6 nitrogen and oxygen atoms in total. The number of guanidine groups is 1. The first-order valence-electron chi connectivity index (χ1n) is 7.68. The lowest BCUT2D eigenvalue weighted by Gasteiger charge is -2.14. The van der Waals surface area contributed by atoms with E-state index in [1.54, 1.807) is 0 Å². The van der Waals surface area contributed by atoms with Gasteiger partial charge in [0.15, 0.2) is 5.96 Å². The second-order valence-corrected chi connectivity index (χ2v) is 5.07. The van der Waals surface area contributed by atoms with Crippen LogP contribution < -0.4 is 20.5 Å². The van der Waals surface area contributed by atoms with Gasteiger partial charge in [-0.3, -0.25) is 4.99 Å². The van der Waals surface area contributed by atoms with E-state index in [0.29, 0.717) is 25.7 Å². The lowest BCUT2D eigenvalue weighted by atomic mass is 10.2. The molecule has 132 valence electrons. The van der Waals surface area contributed by atoms with Gasteiger partial charge in [-0.15, -0.1) is 24.0 Å². The van der Waals surface area contributed by atoms with Crippen molar-refractivity contribution in [1.29, 1.82) is 0 Å². The Bertz CT molecular complexity index is 481. The molecule has 0 spiro atoms. The van der Waals surface area contributed by atoms with Crippen LogP contribution in [0, 0.1) is 0 Å². The normalized spacial score (nSPS) is 11.1. The molecule has 0 aliphatic heterocycles. The number of benzene rings is 1. The van der Waals surface area contributed by atoms with Gasteiger partial charge in [0.25, 0.3) is 0 Å². The van der Waals surface area contributed by atoms with Crippen molar-refractivity contribution in [3.63, 3.8) is 0 Å². The van der Waals surface area contributed by atoms with Crippen molar-refractivity contribution in [1.82, 2.24) is 4.90 Å². The molecule has 0 bridgehead atoms. The molecule has 0 saturated carbocycles. The van der Waals surface area contributed by atoms with Crippen molar-refractivity contribution in [2.75, 3.05) is 45.7 Å². The Morgan fingerprint density at radius 1 is 1.22 bits per heavy atom. The zero-order chi connectivity index (χ0) is 16.4. The highest BCUT2D eigenvalue weighted by Crippen LogP contribution is 2.29. The standard InChI is InChI=1S/C16H28N4O2.HI/c1-5-21-13-8-9-15(22-6-2)14(12-13)19-16(17)18-10-7-11-20(3)4;/h8-9,12H,5-7,10-11H2,1-4H3,(H3,17,18,19);1H. The molecule has 1 aromatic rings. The van der Waals surface area contributed by atoms with Crippen molar-refractivity contribution in [3.8, 4) is 11.5 Å². The Labute approximate surface area is 156 Å². The van der Waals surface area contributed by atoms with Gasteiger partial charge in [0.2, 0.25) is 0 Å². The van der Waals surface area contributed by atoms with Gasteiger partial charge in [-0.25, -0.2) is 0 Å². The van der Waals surface area contributed by atoms with E-state index in [4.69, 9.17) is 15.2 Å². The number of aliphatic imine (C=N–C) groups is 1. The van der Waals surface area contributed by atoms with Crippen LogP contribution in [0.1, 0.15) is 20.3 Å². The van der Waals surface area contributed by atoms with E-state index >= 15 is 0 Å². The molecule has 0 fully saturated rings. The van der Waals surface area contributed by atoms with Gasteiger partial charge in [0, 0.05) is 12.6 Å². The van der Waals surface area contributed by atoms with E-state index in [2.05, 4.69) is 15.2 Å². The summed E-state index contributed by atoms with van der Waals surface area (Å²) in [5.41, 5.74) is 6.71. The van der Waals surface area contributed by atoms with Crippen LogP contribution in [0.15, 0.2) is 23.2 Å². The van der Waals surface area contributed by atoms with E-state index in [1.165, 1.54) is 0 Å². The highest BCUT2D eigenvalue weighted by atomic mass is 127. The van der Waals surface area contributed by atoms with Crippen LogP contribution in [0.25, 0.3) is 0 Å². The number of nitrogens with one attached hydrogen (secondary N) is 1. The van der Waals surface area contributed by atoms with E-state index in [-0.39, 0.29) is 24.0 Å². The van der Waals surface area contributed by atoms with Gasteiger partial charge in [0.1, 0.15) is 11.5 Å². The predicted octanol–water partition coefficient (Wildman–Crippen LogP) is 2.78. The zero-order valence-electron chi connectivity index (χ0n) is 14.5. The van der Waals surface area contributed by atoms with Gasteiger partial charge in [-0.1, -0.05) is 0 Å². The molecule has 1 rings (SSSR count). The quantitative estimate of drug-likeness (QED) is 0.270. The number of hydrogen-bond donors (Lipinski definition) is 2. The minimum Gasteiger partial charge on any atom is -0.494 e. The molecular weight excluding hydrogens is 407 g/mol. The number of ether oxygens (including phenoxy) is 2. The molecule has 0 aliphatic rings. The van der Waals surface area contributed by atoms with Crippen molar-refractivity contribution in [2.45, 2.75) is 20.3 Å². The molecule has 0 unspecified atom stereocenters. The van der Waals surface area contributed by atoms with Crippen LogP contribution in [-0.4, -0.2) is 51.3 Å². The average Bonchev–Trinajstić information content (AvgIpc) is 2.46. The lowest BCUT2D eigenvalue weighted by molar-refractivity contribution is 0.332. The highest BCUT2D eigenvalue weighted by molar-refractivity contribution is 14.0. The second kappa shape index (κ2) is 12.2. The molecule has 0 aromatic heterocycles. The van der Waals surface area contributed by atoms with Crippen LogP contribution in [-0.2, 0) is 0 Å².